The first-order valence-corrected chi connectivity index (χ1v) is 4.42. The van der Waals surface area contributed by atoms with E-state index in [1.807, 2.05) is 0 Å². The molecule has 1 aromatic heterocycles. The van der Waals surface area contributed by atoms with Crippen LogP contribution in [-0.2, 0) is 11.3 Å². The topological polar surface area (TPSA) is 97.1 Å². The van der Waals surface area contributed by atoms with Crippen LogP contribution in [0.15, 0.2) is 6.20 Å². The molecule has 0 aromatic carbocycles. The molecule has 0 aliphatic heterocycles. The summed E-state index contributed by atoms with van der Waals surface area (Å²) in [6.45, 7) is 1.30. The summed E-state index contributed by atoms with van der Waals surface area (Å²) in [5.41, 5.74) is 0.0309. The highest BCUT2D eigenvalue weighted by atomic mass is 16.4. The van der Waals surface area contributed by atoms with Gasteiger partial charge in [0.25, 0.3) is 5.91 Å². The highest BCUT2D eigenvalue weighted by Crippen LogP contribution is 1.94. The Kier molecular flexibility index (Phi) is 3.61. The number of aliphatic carboxylic acids is 1. The number of rotatable bonds is 4. The molecule has 0 fully saturated rings. The average molecular weight is 222 g/mol. The third kappa shape index (κ3) is 3.09. The van der Waals surface area contributed by atoms with E-state index < -0.39 is 17.9 Å². The van der Waals surface area contributed by atoms with Crippen molar-refractivity contribution in [2.75, 3.05) is 0 Å². The lowest BCUT2D eigenvalue weighted by Gasteiger charge is -2.04. The Balaban J connectivity index is 2.67. The van der Waals surface area contributed by atoms with Crippen LogP contribution in [0.2, 0.25) is 0 Å². The first kappa shape index (κ1) is 11.7. The number of hydrogen-bond acceptors (Lipinski definition) is 4. The van der Waals surface area contributed by atoms with E-state index in [0.717, 1.165) is 4.68 Å². The first-order valence-electron chi connectivity index (χ1n) is 4.42. The average Bonchev–Trinajstić information content (AvgIpc) is 2.65. The third-order valence-electron chi connectivity index (χ3n) is 1.67. The number of carbonyl (C=O) groups is 2. The second-order valence-electron chi connectivity index (χ2n) is 3.06. The van der Waals surface area contributed by atoms with Crippen LogP contribution in [-0.4, -0.2) is 38.0 Å². The molecular formula is C9H10N4O3. The predicted molar refractivity (Wildman–Crippen MR) is 53.4 cm³/mol. The van der Waals surface area contributed by atoms with E-state index in [0.29, 0.717) is 0 Å². The molecule has 1 unspecified atom stereocenters. The molecule has 1 rings (SSSR count). The normalized spacial score (nSPS) is 11.5. The van der Waals surface area contributed by atoms with Crippen LogP contribution < -0.4 is 5.32 Å². The summed E-state index contributed by atoms with van der Waals surface area (Å²) in [6, 6.07) is -0.419. The summed E-state index contributed by atoms with van der Waals surface area (Å²) in [7, 11) is 0. The molecule has 1 heterocycles. The van der Waals surface area contributed by atoms with Gasteiger partial charge in [-0.2, -0.15) is 0 Å². The number of carboxylic acids is 1. The van der Waals surface area contributed by atoms with Gasteiger partial charge in [-0.05, 0) is 6.92 Å². The molecule has 0 spiro atoms. The van der Waals surface area contributed by atoms with E-state index in [2.05, 4.69) is 21.5 Å². The smallest absolute Gasteiger partial charge is 0.325 e. The summed E-state index contributed by atoms with van der Waals surface area (Å²) >= 11 is 0. The van der Waals surface area contributed by atoms with Gasteiger partial charge in [-0.25, -0.2) is 4.68 Å². The predicted octanol–water partition coefficient (Wildman–Crippen LogP) is -0.886. The van der Waals surface area contributed by atoms with Crippen molar-refractivity contribution in [2.45, 2.75) is 19.5 Å². The fourth-order valence-electron chi connectivity index (χ4n) is 0.931. The molecule has 0 radical (unpaired) electrons. The van der Waals surface area contributed by atoms with Crippen LogP contribution in [0.3, 0.4) is 0 Å². The summed E-state index contributed by atoms with van der Waals surface area (Å²) < 4.78 is 1.05. The SMILES string of the molecule is C#CC(C)NC(=O)c1cn(CC(=O)O)nn1. The molecule has 84 valence electrons. The van der Waals surface area contributed by atoms with Gasteiger partial charge >= 0.3 is 5.97 Å². The minimum atomic E-state index is -1.06. The molecule has 7 nitrogen and oxygen atoms in total. The fraction of sp³-hybridized carbons (Fsp3) is 0.333. The van der Waals surface area contributed by atoms with Gasteiger partial charge in [0, 0.05) is 0 Å². The van der Waals surface area contributed by atoms with Crippen molar-refractivity contribution in [3.05, 3.63) is 11.9 Å². The van der Waals surface area contributed by atoms with Crippen molar-refractivity contribution in [2.24, 2.45) is 0 Å². The quantitative estimate of drug-likeness (QED) is 0.644. The van der Waals surface area contributed by atoms with E-state index in [-0.39, 0.29) is 12.2 Å². The molecule has 0 saturated carbocycles. The number of hydrogen-bond donors (Lipinski definition) is 2. The van der Waals surface area contributed by atoms with Crippen molar-refractivity contribution < 1.29 is 14.7 Å². The van der Waals surface area contributed by atoms with Gasteiger partial charge in [0.15, 0.2) is 5.69 Å². The van der Waals surface area contributed by atoms with E-state index in [4.69, 9.17) is 11.5 Å². The lowest BCUT2D eigenvalue weighted by molar-refractivity contribution is -0.137. The molecule has 0 bridgehead atoms. The number of aromatic nitrogens is 3. The maximum Gasteiger partial charge on any atom is 0.325 e. The Morgan fingerprint density at radius 2 is 2.44 bits per heavy atom. The number of terminal acetylenes is 1. The molecule has 16 heavy (non-hydrogen) atoms. The Labute approximate surface area is 91.4 Å². The molecule has 1 amide bonds. The summed E-state index contributed by atoms with van der Waals surface area (Å²) in [4.78, 5) is 21.8. The van der Waals surface area contributed by atoms with Crippen LogP contribution in [0.4, 0.5) is 0 Å². The molecule has 0 aliphatic rings. The van der Waals surface area contributed by atoms with Crippen molar-refractivity contribution in [3.63, 3.8) is 0 Å². The van der Waals surface area contributed by atoms with Crippen molar-refractivity contribution in [1.29, 1.82) is 0 Å². The second-order valence-corrected chi connectivity index (χ2v) is 3.06. The van der Waals surface area contributed by atoms with Gasteiger partial charge < -0.3 is 10.4 Å². The maximum absolute atomic E-state index is 11.4. The van der Waals surface area contributed by atoms with Gasteiger partial charge in [0.05, 0.1) is 12.2 Å². The van der Waals surface area contributed by atoms with Crippen LogP contribution in [0.5, 0.6) is 0 Å². The molecule has 7 heteroatoms. The van der Waals surface area contributed by atoms with Gasteiger partial charge in [-0.1, -0.05) is 11.1 Å². The summed E-state index contributed by atoms with van der Waals surface area (Å²) in [5.74, 6) is 0.778. The molecule has 1 atom stereocenters. The van der Waals surface area contributed by atoms with Crippen LogP contribution in [0, 0.1) is 12.3 Å². The van der Waals surface area contributed by atoms with E-state index in [1.165, 1.54) is 6.20 Å². The van der Waals surface area contributed by atoms with Gasteiger partial charge in [-0.3, -0.25) is 9.59 Å². The van der Waals surface area contributed by atoms with E-state index in [9.17, 15) is 9.59 Å². The highest BCUT2D eigenvalue weighted by molar-refractivity contribution is 5.92. The van der Waals surface area contributed by atoms with Crippen LogP contribution in [0.1, 0.15) is 17.4 Å². The Morgan fingerprint density at radius 1 is 1.75 bits per heavy atom. The minimum Gasteiger partial charge on any atom is -0.480 e. The van der Waals surface area contributed by atoms with Gasteiger partial charge in [-0.15, -0.1) is 11.5 Å². The third-order valence-corrected chi connectivity index (χ3v) is 1.67. The zero-order valence-corrected chi connectivity index (χ0v) is 8.54. The van der Waals surface area contributed by atoms with Crippen molar-refractivity contribution >= 4 is 11.9 Å². The highest BCUT2D eigenvalue weighted by Gasteiger charge is 2.13. The number of carboxylic acid groups (broad SMARTS) is 1. The molecule has 1 aromatic rings. The molecular weight excluding hydrogens is 212 g/mol. The van der Waals surface area contributed by atoms with Crippen molar-refractivity contribution in [1.82, 2.24) is 20.3 Å². The lowest BCUT2D eigenvalue weighted by Crippen LogP contribution is -2.31. The van der Waals surface area contributed by atoms with Crippen molar-refractivity contribution in [3.8, 4) is 12.3 Å². The summed E-state index contributed by atoms with van der Waals surface area (Å²) in [5, 5.41) is 18.0. The van der Waals surface area contributed by atoms with E-state index in [1.54, 1.807) is 6.92 Å². The zero-order chi connectivity index (χ0) is 12.1. The fourth-order valence-corrected chi connectivity index (χ4v) is 0.931. The van der Waals surface area contributed by atoms with Gasteiger partial charge in [0.2, 0.25) is 0 Å². The second kappa shape index (κ2) is 4.93. The molecule has 0 saturated heterocycles. The number of nitrogens with zero attached hydrogens (tertiary/aromatic N) is 3. The monoisotopic (exact) mass is 222 g/mol. The lowest BCUT2D eigenvalue weighted by atomic mass is 10.3. The number of carbonyl (C=O) groups excluding carboxylic acids is 1. The summed E-state index contributed by atoms with van der Waals surface area (Å²) in [6.07, 6.45) is 6.33. The zero-order valence-electron chi connectivity index (χ0n) is 8.54. The van der Waals surface area contributed by atoms with Crippen LogP contribution in [0.25, 0.3) is 0 Å². The number of nitrogens with one attached hydrogen (secondary N) is 1. The molecule has 2 N–H and O–H groups in total. The first-order chi connectivity index (χ1) is 7.52. The van der Waals surface area contributed by atoms with Crippen LogP contribution >= 0.6 is 0 Å². The van der Waals surface area contributed by atoms with E-state index >= 15 is 0 Å². The number of amides is 1. The Morgan fingerprint density at radius 3 is 3.00 bits per heavy atom. The minimum absolute atomic E-state index is 0.0309. The van der Waals surface area contributed by atoms with Gasteiger partial charge in [0.1, 0.15) is 6.54 Å². The Bertz CT molecular complexity index is 446. The largest absolute Gasteiger partial charge is 0.480 e. The molecule has 0 aliphatic carbocycles. The Hall–Kier alpha value is -2.36. The maximum atomic E-state index is 11.4. The standard InChI is InChI=1S/C9H10N4O3/c1-3-6(2)10-9(16)7-4-13(12-11-7)5-8(14)15/h1,4,6H,5H2,2H3,(H,10,16)(H,14,15).